The van der Waals surface area contributed by atoms with Crippen LogP contribution < -0.4 is 14.8 Å². The summed E-state index contributed by atoms with van der Waals surface area (Å²) >= 11 is 6.36. The molecule has 1 amide bonds. The van der Waals surface area contributed by atoms with Gasteiger partial charge in [-0.3, -0.25) is 9.48 Å². The number of methoxy groups -OCH3 is 2. The third-order valence-electron chi connectivity index (χ3n) is 4.56. The van der Waals surface area contributed by atoms with Crippen LogP contribution in [0.25, 0.3) is 17.3 Å². The lowest BCUT2D eigenvalue weighted by molar-refractivity contribution is -0.115. The fraction of sp³-hybridized carbons (Fsp3) is 0.136. The van der Waals surface area contributed by atoms with E-state index in [0.29, 0.717) is 27.3 Å². The maximum atomic E-state index is 12.2. The number of nitrogens with one attached hydrogen (secondary N) is 1. The Hall–Kier alpha value is -3.10. The lowest BCUT2D eigenvalue weighted by Crippen LogP contribution is -2.17. The topological polar surface area (TPSA) is 65.4 Å². The first kappa shape index (κ1) is 20.2. The van der Waals surface area contributed by atoms with Gasteiger partial charge in [-0.05, 0) is 29.8 Å². The summed E-state index contributed by atoms with van der Waals surface area (Å²) in [7, 11) is 3.19. The minimum atomic E-state index is -0.195. The summed E-state index contributed by atoms with van der Waals surface area (Å²) in [4.78, 5) is 12.7. The standard InChI is InChI=1S/C22H19N3O3S2/c1-27-17-9-8-15(10-18(17)28-2)20-16(11-19-21(26)23-22(29)30-19)13-25(24-20)12-14-6-4-3-5-7-14/h3-11,13H,12H2,1-2H3,(H,23,26,29)/b19-11-. The van der Waals surface area contributed by atoms with Gasteiger partial charge in [-0.2, -0.15) is 5.10 Å². The van der Waals surface area contributed by atoms with Crippen molar-refractivity contribution in [3.8, 4) is 22.8 Å². The average Bonchev–Trinajstić information content (AvgIpc) is 3.30. The van der Waals surface area contributed by atoms with E-state index in [1.807, 2.05) is 53.4 Å². The quantitative estimate of drug-likeness (QED) is 0.463. The Bertz CT molecular complexity index is 1140. The molecule has 2 heterocycles. The molecular formula is C22H19N3O3S2. The van der Waals surface area contributed by atoms with Crippen molar-refractivity contribution in [2.45, 2.75) is 6.54 Å². The van der Waals surface area contributed by atoms with Gasteiger partial charge in [0, 0.05) is 17.3 Å². The molecule has 6 nitrogen and oxygen atoms in total. The molecule has 8 heteroatoms. The predicted octanol–water partition coefficient (Wildman–Crippen LogP) is 4.10. The maximum Gasteiger partial charge on any atom is 0.263 e. The molecule has 1 fully saturated rings. The molecular weight excluding hydrogens is 418 g/mol. The number of hydrogen-bond donors (Lipinski definition) is 1. The molecule has 3 aromatic rings. The van der Waals surface area contributed by atoms with Gasteiger partial charge in [-0.25, -0.2) is 0 Å². The smallest absolute Gasteiger partial charge is 0.263 e. The zero-order chi connectivity index (χ0) is 21.1. The number of carbonyl (C=O) groups excluding carboxylic acids is 1. The number of carbonyl (C=O) groups is 1. The molecule has 30 heavy (non-hydrogen) atoms. The Kier molecular flexibility index (Phi) is 5.87. The Labute approximate surface area is 183 Å². The van der Waals surface area contributed by atoms with Crippen molar-refractivity contribution < 1.29 is 14.3 Å². The lowest BCUT2D eigenvalue weighted by Gasteiger charge is -2.09. The van der Waals surface area contributed by atoms with Crippen molar-refractivity contribution in [1.29, 1.82) is 0 Å². The highest BCUT2D eigenvalue weighted by Crippen LogP contribution is 2.35. The van der Waals surface area contributed by atoms with Crippen molar-refractivity contribution in [3.63, 3.8) is 0 Å². The number of hydrogen-bond acceptors (Lipinski definition) is 6. The first-order valence-corrected chi connectivity index (χ1v) is 10.4. The highest BCUT2D eigenvalue weighted by atomic mass is 32.2. The molecule has 152 valence electrons. The molecule has 4 rings (SSSR count). The van der Waals surface area contributed by atoms with Crippen LogP contribution in [0.4, 0.5) is 0 Å². The number of thiocarbonyl (C=S) groups is 1. The van der Waals surface area contributed by atoms with Gasteiger partial charge >= 0.3 is 0 Å². The molecule has 2 aromatic carbocycles. The minimum absolute atomic E-state index is 0.195. The summed E-state index contributed by atoms with van der Waals surface area (Å²) in [5.74, 6) is 1.06. The van der Waals surface area contributed by atoms with Gasteiger partial charge in [-0.15, -0.1) is 0 Å². The second-order valence-corrected chi connectivity index (χ2v) is 8.26. The van der Waals surface area contributed by atoms with Crippen LogP contribution in [0.5, 0.6) is 11.5 Å². The van der Waals surface area contributed by atoms with E-state index in [1.54, 1.807) is 14.2 Å². The van der Waals surface area contributed by atoms with Crippen LogP contribution in [0.15, 0.2) is 59.6 Å². The van der Waals surface area contributed by atoms with Crippen LogP contribution >= 0.6 is 24.0 Å². The predicted molar refractivity (Wildman–Crippen MR) is 123 cm³/mol. The monoisotopic (exact) mass is 437 g/mol. The van der Waals surface area contributed by atoms with Crippen LogP contribution in [0.1, 0.15) is 11.1 Å². The van der Waals surface area contributed by atoms with Crippen molar-refractivity contribution in [2.24, 2.45) is 0 Å². The molecule has 0 unspecified atom stereocenters. The summed E-state index contributed by atoms with van der Waals surface area (Å²) in [6.45, 7) is 0.613. The third kappa shape index (κ3) is 4.24. The van der Waals surface area contributed by atoms with Crippen molar-refractivity contribution in [2.75, 3.05) is 14.2 Å². The molecule has 0 atom stereocenters. The summed E-state index contributed by atoms with van der Waals surface area (Å²) in [5.41, 5.74) is 3.55. The molecule has 0 aliphatic carbocycles. The van der Waals surface area contributed by atoms with Gasteiger partial charge in [-0.1, -0.05) is 54.3 Å². The highest BCUT2D eigenvalue weighted by Gasteiger charge is 2.23. The average molecular weight is 438 g/mol. The van der Waals surface area contributed by atoms with Crippen LogP contribution in [0.2, 0.25) is 0 Å². The molecule has 0 saturated carbocycles. The lowest BCUT2D eigenvalue weighted by atomic mass is 10.1. The number of amides is 1. The normalized spacial score (nSPS) is 14.8. The van der Waals surface area contributed by atoms with E-state index in [-0.39, 0.29) is 5.91 Å². The molecule has 1 aliphatic rings. The van der Waals surface area contributed by atoms with Crippen LogP contribution in [0, 0.1) is 0 Å². The van der Waals surface area contributed by atoms with Crippen molar-refractivity contribution in [3.05, 3.63) is 70.8 Å². The van der Waals surface area contributed by atoms with E-state index in [9.17, 15) is 4.79 Å². The van der Waals surface area contributed by atoms with Crippen LogP contribution in [-0.2, 0) is 11.3 Å². The SMILES string of the molecule is COc1ccc(-c2nn(Cc3ccccc3)cc2/C=C2\SC(=S)NC2=O)cc1OC. The zero-order valence-electron chi connectivity index (χ0n) is 16.4. The summed E-state index contributed by atoms with van der Waals surface area (Å²) < 4.78 is 13.1. The van der Waals surface area contributed by atoms with E-state index in [0.717, 1.165) is 22.4 Å². The Balaban J connectivity index is 1.78. The van der Waals surface area contributed by atoms with E-state index in [2.05, 4.69) is 17.4 Å². The highest BCUT2D eigenvalue weighted by molar-refractivity contribution is 8.26. The van der Waals surface area contributed by atoms with Crippen LogP contribution in [0.3, 0.4) is 0 Å². The van der Waals surface area contributed by atoms with Gasteiger partial charge in [0.25, 0.3) is 5.91 Å². The van der Waals surface area contributed by atoms with E-state index >= 15 is 0 Å². The fourth-order valence-electron chi connectivity index (χ4n) is 3.16. The number of thioether (sulfide) groups is 1. The van der Waals surface area contributed by atoms with E-state index in [1.165, 1.54) is 11.8 Å². The van der Waals surface area contributed by atoms with Crippen molar-refractivity contribution in [1.82, 2.24) is 15.1 Å². The molecule has 1 aromatic heterocycles. The van der Waals surface area contributed by atoms with Gasteiger partial charge < -0.3 is 14.8 Å². The first-order valence-electron chi connectivity index (χ1n) is 9.16. The molecule has 1 aliphatic heterocycles. The number of rotatable bonds is 6. The molecule has 1 N–H and O–H groups in total. The second-order valence-electron chi connectivity index (χ2n) is 6.54. The minimum Gasteiger partial charge on any atom is -0.493 e. The number of benzene rings is 2. The number of nitrogens with zero attached hydrogens (tertiary/aromatic N) is 2. The Morgan fingerprint density at radius 3 is 2.57 bits per heavy atom. The number of ether oxygens (including phenoxy) is 2. The molecule has 1 saturated heterocycles. The molecule has 0 radical (unpaired) electrons. The van der Waals surface area contributed by atoms with Gasteiger partial charge in [0.05, 0.1) is 31.4 Å². The molecule has 0 bridgehead atoms. The zero-order valence-corrected chi connectivity index (χ0v) is 18.0. The Morgan fingerprint density at radius 1 is 1.13 bits per heavy atom. The summed E-state index contributed by atoms with van der Waals surface area (Å²) in [6.07, 6.45) is 3.75. The van der Waals surface area contributed by atoms with Crippen molar-refractivity contribution >= 4 is 40.3 Å². The second kappa shape index (κ2) is 8.73. The largest absolute Gasteiger partial charge is 0.493 e. The fourth-order valence-corrected chi connectivity index (χ4v) is 4.20. The van der Waals surface area contributed by atoms with Gasteiger partial charge in [0.15, 0.2) is 11.5 Å². The summed E-state index contributed by atoms with van der Waals surface area (Å²) in [6, 6.07) is 15.7. The number of aromatic nitrogens is 2. The third-order valence-corrected chi connectivity index (χ3v) is 5.73. The van der Waals surface area contributed by atoms with E-state index in [4.69, 9.17) is 26.8 Å². The Morgan fingerprint density at radius 2 is 1.90 bits per heavy atom. The first-order chi connectivity index (χ1) is 14.6. The maximum absolute atomic E-state index is 12.2. The summed E-state index contributed by atoms with van der Waals surface area (Å²) in [5, 5.41) is 7.44. The molecule has 0 spiro atoms. The van der Waals surface area contributed by atoms with E-state index < -0.39 is 0 Å². The van der Waals surface area contributed by atoms with Gasteiger partial charge in [0.2, 0.25) is 0 Å². The van der Waals surface area contributed by atoms with Gasteiger partial charge in [0.1, 0.15) is 4.32 Å². The van der Waals surface area contributed by atoms with Crippen LogP contribution in [-0.4, -0.2) is 34.2 Å².